The topological polar surface area (TPSA) is 17.1 Å². The Kier molecular flexibility index (Phi) is 2.92. The Labute approximate surface area is 143 Å². The highest BCUT2D eigenvalue weighted by Gasteiger charge is 2.57. The maximum absolute atomic E-state index is 13.2. The molecule has 0 radical (unpaired) electrons. The van der Waals surface area contributed by atoms with Crippen molar-refractivity contribution in [1.82, 2.24) is 0 Å². The van der Waals surface area contributed by atoms with E-state index in [4.69, 9.17) is 0 Å². The summed E-state index contributed by atoms with van der Waals surface area (Å²) in [6.07, 6.45) is 1.89. The van der Waals surface area contributed by atoms with Gasteiger partial charge in [-0.1, -0.05) is 54.1 Å². The van der Waals surface area contributed by atoms with E-state index < -0.39 is 0 Å². The van der Waals surface area contributed by atoms with Gasteiger partial charge < -0.3 is 0 Å². The predicted octanol–water partition coefficient (Wildman–Crippen LogP) is 5.07. The first kappa shape index (κ1) is 14.2. The monoisotopic (exact) mass is 314 g/mol. The van der Waals surface area contributed by atoms with Crippen molar-refractivity contribution in [3.05, 3.63) is 82.9 Å². The molecule has 2 bridgehead atoms. The predicted molar refractivity (Wildman–Crippen MR) is 96.1 cm³/mol. The smallest absolute Gasteiger partial charge is 0.140 e. The van der Waals surface area contributed by atoms with Gasteiger partial charge in [-0.3, -0.25) is 4.79 Å². The van der Waals surface area contributed by atoms with E-state index in [9.17, 15) is 4.79 Å². The van der Waals surface area contributed by atoms with E-state index in [1.807, 2.05) is 6.92 Å². The van der Waals surface area contributed by atoms with E-state index in [0.717, 1.165) is 18.4 Å². The molecule has 0 spiro atoms. The molecule has 120 valence electrons. The first-order valence-corrected chi connectivity index (χ1v) is 9.02. The standard InChI is InChI=1S/C23H22O/c1-13(2)11-14-12-19-20-15-7-3-5-9-17(15)21(22(19)23(14)24)18-10-6-4-8-16(18)20/h3-10,14,19-22H,1,11-12H2,2H3/t14-,19-,20?,21?,22+/m1/s1. The second kappa shape index (κ2) is 4.92. The van der Waals surface area contributed by atoms with Gasteiger partial charge in [-0.15, -0.1) is 6.58 Å². The minimum atomic E-state index is 0.171. The summed E-state index contributed by atoms with van der Waals surface area (Å²) in [5, 5.41) is 0. The first-order valence-electron chi connectivity index (χ1n) is 9.02. The Morgan fingerprint density at radius 1 is 0.958 bits per heavy atom. The number of benzene rings is 2. The van der Waals surface area contributed by atoms with Gasteiger partial charge in [0.15, 0.2) is 0 Å². The van der Waals surface area contributed by atoms with Crippen LogP contribution in [0.25, 0.3) is 0 Å². The Hall–Kier alpha value is -2.15. The van der Waals surface area contributed by atoms with Gasteiger partial charge in [0.25, 0.3) is 0 Å². The summed E-state index contributed by atoms with van der Waals surface area (Å²) in [6.45, 7) is 6.10. The van der Waals surface area contributed by atoms with Gasteiger partial charge in [-0.2, -0.15) is 0 Å². The molecular weight excluding hydrogens is 292 g/mol. The fraction of sp³-hybridized carbons (Fsp3) is 0.348. The van der Waals surface area contributed by atoms with Crippen molar-refractivity contribution in [3.8, 4) is 0 Å². The highest BCUT2D eigenvalue weighted by Crippen LogP contribution is 2.63. The largest absolute Gasteiger partial charge is 0.299 e. The van der Waals surface area contributed by atoms with Crippen LogP contribution >= 0.6 is 0 Å². The number of Topliss-reactive ketones (excluding diaryl/α,β-unsaturated/α-hetero) is 1. The summed E-state index contributed by atoms with van der Waals surface area (Å²) >= 11 is 0. The van der Waals surface area contributed by atoms with Gasteiger partial charge in [-0.05, 0) is 47.9 Å². The van der Waals surface area contributed by atoms with E-state index in [2.05, 4.69) is 55.1 Å². The van der Waals surface area contributed by atoms with Gasteiger partial charge >= 0.3 is 0 Å². The van der Waals surface area contributed by atoms with Crippen molar-refractivity contribution in [1.29, 1.82) is 0 Å². The average molecular weight is 314 g/mol. The molecule has 4 aliphatic carbocycles. The van der Waals surface area contributed by atoms with E-state index in [-0.39, 0.29) is 17.8 Å². The molecule has 4 aliphatic rings. The van der Waals surface area contributed by atoms with Gasteiger partial charge in [0, 0.05) is 23.7 Å². The molecule has 2 aromatic carbocycles. The third-order valence-electron chi connectivity index (χ3n) is 6.46. The Bertz CT molecular complexity index is 814. The zero-order chi connectivity index (χ0) is 16.4. The third kappa shape index (κ3) is 1.73. The van der Waals surface area contributed by atoms with Crippen LogP contribution < -0.4 is 0 Å². The lowest BCUT2D eigenvalue weighted by Crippen LogP contribution is -2.39. The number of rotatable bonds is 2. The van der Waals surface area contributed by atoms with Crippen LogP contribution in [0.4, 0.5) is 0 Å². The minimum absolute atomic E-state index is 0.171. The maximum atomic E-state index is 13.2. The van der Waals surface area contributed by atoms with Crippen molar-refractivity contribution in [2.75, 3.05) is 0 Å². The molecule has 1 saturated carbocycles. The molecule has 3 atom stereocenters. The molecule has 0 heterocycles. The van der Waals surface area contributed by atoms with Crippen molar-refractivity contribution in [2.45, 2.75) is 31.6 Å². The van der Waals surface area contributed by atoms with Crippen LogP contribution in [0.3, 0.4) is 0 Å². The van der Waals surface area contributed by atoms with Gasteiger partial charge in [0.1, 0.15) is 5.78 Å². The summed E-state index contributed by atoms with van der Waals surface area (Å²) in [4.78, 5) is 13.2. The lowest BCUT2D eigenvalue weighted by Gasteiger charge is -2.47. The second-order valence-corrected chi connectivity index (χ2v) is 7.90. The minimum Gasteiger partial charge on any atom is -0.299 e. The molecule has 1 nitrogen and oxygen atoms in total. The Balaban J connectivity index is 1.70. The lowest BCUT2D eigenvalue weighted by molar-refractivity contribution is -0.125. The molecule has 0 saturated heterocycles. The highest BCUT2D eigenvalue weighted by molar-refractivity contribution is 5.89. The zero-order valence-corrected chi connectivity index (χ0v) is 14.0. The fourth-order valence-electron chi connectivity index (χ4n) is 5.77. The van der Waals surface area contributed by atoms with Crippen molar-refractivity contribution in [2.24, 2.45) is 17.8 Å². The van der Waals surface area contributed by atoms with Crippen LogP contribution in [0, 0.1) is 17.8 Å². The number of hydrogen-bond acceptors (Lipinski definition) is 1. The van der Waals surface area contributed by atoms with Crippen LogP contribution in [-0.4, -0.2) is 5.78 Å². The molecule has 0 aromatic heterocycles. The first-order chi connectivity index (χ1) is 11.7. The molecule has 1 fully saturated rings. The molecule has 2 aromatic rings. The average Bonchev–Trinajstić information content (AvgIpc) is 2.91. The lowest BCUT2D eigenvalue weighted by atomic mass is 9.55. The van der Waals surface area contributed by atoms with Crippen molar-refractivity contribution >= 4 is 5.78 Å². The summed E-state index contributed by atoms with van der Waals surface area (Å²) in [6, 6.07) is 17.6. The third-order valence-corrected chi connectivity index (χ3v) is 6.46. The Morgan fingerprint density at radius 3 is 1.96 bits per heavy atom. The highest BCUT2D eigenvalue weighted by atomic mass is 16.1. The molecule has 0 amide bonds. The van der Waals surface area contributed by atoms with Crippen LogP contribution in [0.1, 0.15) is 53.9 Å². The van der Waals surface area contributed by atoms with Crippen LogP contribution in [-0.2, 0) is 4.79 Å². The summed E-state index contributed by atoms with van der Waals surface area (Å²) < 4.78 is 0. The quantitative estimate of drug-likeness (QED) is 0.708. The number of carbonyl (C=O) groups excluding carboxylic acids is 1. The van der Waals surface area contributed by atoms with Crippen molar-refractivity contribution < 1.29 is 4.79 Å². The zero-order valence-electron chi connectivity index (χ0n) is 14.0. The van der Waals surface area contributed by atoms with Gasteiger partial charge in [-0.25, -0.2) is 0 Å². The molecule has 0 aliphatic heterocycles. The number of allylic oxidation sites excluding steroid dienone is 1. The summed E-state index contributed by atoms with van der Waals surface area (Å²) in [7, 11) is 0. The molecule has 1 heteroatoms. The van der Waals surface area contributed by atoms with E-state index >= 15 is 0 Å². The summed E-state index contributed by atoms with van der Waals surface area (Å²) in [5.74, 6) is 1.95. The van der Waals surface area contributed by atoms with Crippen LogP contribution in [0.15, 0.2) is 60.7 Å². The Morgan fingerprint density at radius 2 is 1.46 bits per heavy atom. The van der Waals surface area contributed by atoms with Gasteiger partial charge in [0.2, 0.25) is 0 Å². The van der Waals surface area contributed by atoms with Gasteiger partial charge in [0.05, 0.1) is 0 Å². The van der Waals surface area contributed by atoms with Crippen LogP contribution in [0.5, 0.6) is 0 Å². The molecule has 6 rings (SSSR count). The second-order valence-electron chi connectivity index (χ2n) is 7.90. The van der Waals surface area contributed by atoms with E-state index in [1.54, 1.807) is 0 Å². The molecule has 24 heavy (non-hydrogen) atoms. The molecular formula is C23H22O. The SMILES string of the molecule is C=C(C)C[C@@H]1C[C@@H]2C3c4ccccc4C(c4ccccc43)[C@H]2C1=O. The molecule has 0 unspecified atom stereocenters. The normalized spacial score (nSPS) is 32.2. The summed E-state index contributed by atoms with van der Waals surface area (Å²) in [5.41, 5.74) is 6.85. The number of hydrogen-bond donors (Lipinski definition) is 0. The van der Waals surface area contributed by atoms with E-state index in [1.165, 1.54) is 22.3 Å². The fourth-order valence-corrected chi connectivity index (χ4v) is 5.77. The maximum Gasteiger partial charge on any atom is 0.140 e. The number of ketones is 1. The molecule has 0 N–H and O–H groups in total. The van der Waals surface area contributed by atoms with E-state index in [0.29, 0.717) is 17.6 Å². The van der Waals surface area contributed by atoms with Crippen LogP contribution in [0.2, 0.25) is 0 Å². The van der Waals surface area contributed by atoms with Crippen molar-refractivity contribution in [3.63, 3.8) is 0 Å². The number of carbonyl (C=O) groups is 1.